The van der Waals surface area contributed by atoms with Gasteiger partial charge in [0, 0.05) is 0 Å². The average molecular weight is 144 g/mol. The molecule has 0 atom stereocenters. The van der Waals surface area contributed by atoms with E-state index in [4.69, 9.17) is 15.3 Å². The number of carboxylic acids is 1. The molecule has 0 aliphatic rings. The normalized spacial score (nSPS) is 9.60. The summed E-state index contributed by atoms with van der Waals surface area (Å²) in [7, 11) is 0. The Kier molecular flexibility index (Phi) is 1.26. The molecule has 1 aromatic rings. The zero-order valence-corrected chi connectivity index (χ0v) is 4.74. The number of aromatic carboxylic acids is 1. The highest BCUT2D eigenvalue weighted by Crippen LogP contribution is 2.28. The van der Waals surface area contributed by atoms with Gasteiger partial charge in [0.1, 0.15) is 6.26 Å². The number of aromatic hydroxyl groups is 2. The fourth-order valence-electron chi connectivity index (χ4n) is 0.540. The Morgan fingerprint density at radius 2 is 2.10 bits per heavy atom. The monoisotopic (exact) mass is 144 g/mol. The number of furan rings is 1. The van der Waals surface area contributed by atoms with Gasteiger partial charge in [0.15, 0.2) is 11.3 Å². The SMILES string of the molecule is O=C(O)c1c(O)coc1O. The van der Waals surface area contributed by atoms with Crippen LogP contribution >= 0.6 is 0 Å². The molecular weight excluding hydrogens is 140 g/mol. The zero-order valence-electron chi connectivity index (χ0n) is 4.74. The summed E-state index contributed by atoms with van der Waals surface area (Å²) in [5.74, 6) is -2.79. The highest BCUT2D eigenvalue weighted by atomic mass is 16.5. The predicted octanol–water partition coefficient (Wildman–Crippen LogP) is 0.389. The Hall–Kier alpha value is -1.65. The van der Waals surface area contributed by atoms with Crippen molar-refractivity contribution in [3.8, 4) is 11.7 Å². The van der Waals surface area contributed by atoms with E-state index in [0.29, 0.717) is 0 Å². The molecule has 0 amide bonds. The number of hydrogen-bond donors (Lipinski definition) is 3. The number of rotatable bonds is 1. The summed E-state index contributed by atoms with van der Waals surface area (Å²) in [5, 5.41) is 25.5. The molecule has 0 spiro atoms. The third-order valence-corrected chi connectivity index (χ3v) is 0.966. The van der Waals surface area contributed by atoms with E-state index in [1.807, 2.05) is 0 Å². The van der Waals surface area contributed by atoms with E-state index in [2.05, 4.69) is 4.42 Å². The van der Waals surface area contributed by atoms with E-state index < -0.39 is 23.2 Å². The standard InChI is InChI=1S/C5H4O5/c6-2-1-10-5(9)3(2)4(7)8/h1,6,9H,(H,7,8). The van der Waals surface area contributed by atoms with Crippen LogP contribution in [0.5, 0.6) is 11.7 Å². The summed E-state index contributed by atoms with van der Waals surface area (Å²) < 4.78 is 4.18. The molecule has 0 saturated carbocycles. The fourth-order valence-corrected chi connectivity index (χ4v) is 0.540. The van der Waals surface area contributed by atoms with Gasteiger partial charge in [0.2, 0.25) is 0 Å². The summed E-state index contributed by atoms with van der Waals surface area (Å²) in [6.45, 7) is 0. The molecule has 0 aliphatic heterocycles. The second-order valence-electron chi connectivity index (χ2n) is 1.61. The summed E-state index contributed by atoms with van der Waals surface area (Å²) in [6, 6.07) is 0. The first-order valence-electron chi connectivity index (χ1n) is 2.35. The Balaban J connectivity index is 3.23. The summed E-state index contributed by atoms with van der Waals surface area (Å²) in [6.07, 6.45) is 0.749. The quantitative estimate of drug-likeness (QED) is 0.530. The Labute approximate surface area is 55.1 Å². The van der Waals surface area contributed by atoms with E-state index >= 15 is 0 Å². The number of carbonyl (C=O) groups is 1. The molecule has 0 radical (unpaired) electrons. The smallest absolute Gasteiger partial charge is 0.346 e. The van der Waals surface area contributed by atoms with Gasteiger partial charge >= 0.3 is 11.9 Å². The highest BCUT2D eigenvalue weighted by Gasteiger charge is 2.18. The molecular formula is C5H4O5. The van der Waals surface area contributed by atoms with E-state index in [9.17, 15) is 4.79 Å². The van der Waals surface area contributed by atoms with Crippen molar-refractivity contribution >= 4 is 5.97 Å². The molecule has 3 N–H and O–H groups in total. The fraction of sp³-hybridized carbons (Fsp3) is 0. The van der Waals surface area contributed by atoms with Crippen molar-refractivity contribution in [2.75, 3.05) is 0 Å². The van der Waals surface area contributed by atoms with Gasteiger partial charge in [-0.05, 0) is 0 Å². The van der Waals surface area contributed by atoms with Crippen molar-refractivity contribution in [3.05, 3.63) is 11.8 Å². The van der Waals surface area contributed by atoms with Crippen LogP contribution in [-0.2, 0) is 0 Å². The van der Waals surface area contributed by atoms with Crippen LogP contribution in [0.2, 0.25) is 0 Å². The Bertz CT molecular complexity index is 242. The molecule has 0 fully saturated rings. The van der Waals surface area contributed by atoms with Crippen LogP contribution in [0.3, 0.4) is 0 Å². The van der Waals surface area contributed by atoms with Crippen LogP contribution in [0.25, 0.3) is 0 Å². The van der Waals surface area contributed by atoms with Crippen LogP contribution in [0.15, 0.2) is 10.7 Å². The molecule has 0 unspecified atom stereocenters. The van der Waals surface area contributed by atoms with Gasteiger partial charge in [-0.2, -0.15) is 0 Å². The molecule has 0 saturated heterocycles. The van der Waals surface area contributed by atoms with Gasteiger partial charge in [0.25, 0.3) is 0 Å². The maximum atomic E-state index is 10.1. The predicted molar refractivity (Wildman–Crippen MR) is 29.0 cm³/mol. The van der Waals surface area contributed by atoms with Crippen LogP contribution in [-0.4, -0.2) is 21.3 Å². The molecule has 1 heterocycles. The third-order valence-electron chi connectivity index (χ3n) is 0.966. The van der Waals surface area contributed by atoms with Crippen molar-refractivity contribution in [1.82, 2.24) is 0 Å². The van der Waals surface area contributed by atoms with E-state index in [1.54, 1.807) is 0 Å². The van der Waals surface area contributed by atoms with Gasteiger partial charge in [-0.25, -0.2) is 4.79 Å². The number of hydrogen-bond acceptors (Lipinski definition) is 4. The molecule has 54 valence electrons. The van der Waals surface area contributed by atoms with Gasteiger partial charge in [0.05, 0.1) is 0 Å². The van der Waals surface area contributed by atoms with Crippen LogP contribution in [0.4, 0.5) is 0 Å². The maximum absolute atomic E-state index is 10.1. The summed E-state index contributed by atoms with van der Waals surface area (Å²) in [4.78, 5) is 10.1. The Morgan fingerprint density at radius 3 is 2.30 bits per heavy atom. The molecule has 5 heteroatoms. The molecule has 10 heavy (non-hydrogen) atoms. The molecule has 1 aromatic heterocycles. The van der Waals surface area contributed by atoms with Crippen molar-refractivity contribution < 1.29 is 24.5 Å². The largest absolute Gasteiger partial charge is 0.504 e. The van der Waals surface area contributed by atoms with Crippen LogP contribution in [0.1, 0.15) is 10.4 Å². The van der Waals surface area contributed by atoms with Crippen molar-refractivity contribution in [3.63, 3.8) is 0 Å². The zero-order chi connectivity index (χ0) is 7.72. The highest BCUT2D eigenvalue weighted by molar-refractivity contribution is 5.92. The van der Waals surface area contributed by atoms with E-state index in [1.165, 1.54) is 0 Å². The Morgan fingerprint density at radius 1 is 1.50 bits per heavy atom. The van der Waals surface area contributed by atoms with Crippen LogP contribution in [0, 0.1) is 0 Å². The van der Waals surface area contributed by atoms with Crippen LogP contribution < -0.4 is 0 Å². The second-order valence-corrected chi connectivity index (χ2v) is 1.61. The third kappa shape index (κ3) is 0.771. The van der Waals surface area contributed by atoms with Gasteiger partial charge in [-0.15, -0.1) is 0 Å². The van der Waals surface area contributed by atoms with E-state index in [-0.39, 0.29) is 0 Å². The first kappa shape index (κ1) is 6.47. The first-order valence-corrected chi connectivity index (χ1v) is 2.35. The molecule has 0 bridgehead atoms. The summed E-state index contributed by atoms with van der Waals surface area (Å²) in [5.41, 5.74) is -0.611. The van der Waals surface area contributed by atoms with Crippen molar-refractivity contribution in [2.45, 2.75) is 0 Å². The van der Waals surface area contributed by atoms with Crippen molar-refractivity contribution in [2.24, 2.45) is 0 Å². The minimum Gasteiger partial charge on any atom is -0.504 e. The minimum atomic E-state index is -1.43. The molecule has 1 rings (SSSR count). The minimum absolute atomic E-state index is 0.579. The average Bonchev–Trinajstić information content (AvgIpc) is 2.11. The van der Waals surface area contributed by atoms with E-state index in [0.717, 1.165) is 6.26 Å². The van der Waals surface area contributed by atoms with Gasteiger partial charge < -0.3 is 19.7 Å². The molecule has 5 nitrogen and oxygen atoms in total. The van der Waals surface area contributed by atoms with Crippen molar-refractivity contribution in [1.29, 1.82) is 0 Å². The van der Waals surface area contributed by atoms with Gasteiger partial charge in [-0.3, -0.25) is 0 Å². The summed E-state index contributed by atoms with van der Waals surface area (Å²) >= 11 is 0. The topological polar surface area (TPSA) is 90.9 Å². The lowest BCUT2D eigenvalue weighted by molar-refractivity contribution is 0.0688. The molecule has 0 aliphatic carbocycles. The molecule has 0 aromatic carbocycles. The lowest BCUT2D eigenvalue weighted by atomic mass is 10.3. The maximum Gasteiger partial charge on any atom is 0.346 e. The lowest BCUT2D eigenvalue weighted by Gasteiger charge is -1.87. The number of carboxylic acid groups (broad SMARTS) is 1. The van der Waals surface area contributed by atoms with Gasteiger partial charge in [-0.1, -0.05) is 0 Å². The second kappa shape index (κ2) is 1.94. The lowest BCUT2D eigenvalue weighted by Crippen LogP contribution is -1.93. The first-order chi connectivity index (χ1) is 4.63.